The van der Waals surface area contributed by atoms with Crippen molar-refractivity contribution in [3.63, 3.8) is 0 Å². The van der Waals surface area contributed by atoms with Crippen LogP contribution in [0.1, 0.15) is 44.7 Å². The standard InChI is InChI=1S/C24H24N2O5/c27-21-13-17-7-8-18(23(29)25-14-26-9-1-2-10-26)12-19(17)22(28)20(21)11-15-3-5-16(6-4-15)24(30)31/h3-8,12-13,27-28H,1-2,9-11,14H2,(H,25,29)(H,30,31). The van der Waals surface area contributed by atoms with E-state index in [9.17, 15) is 19.8 Å². The molecule has 0 aliphatic carbocycles. The first-order chi connectivity index (χ1) is 14.9. The second-order valence-electron chi connectivity index (χ2n) is 7.83. The Hall–Kier alpha value is -3.58. The molecule has 0 radical (unpaired) electrons. The highest BCUT2D eigenvalue weighted by molar-refractivity contribution is 6.01. The predicted octanol–water partition coefficient (Wildman–Crippen LogP) is 3.32. The Morgan fingerprint density at radius 3 is 2.29 bits per heavy atom. The normalized spacial score (nSPS) is 14.1. The van der Waals surface area contributed by atoms with Crippen LogP contribution < -0.4 is 5.32 Å². The summed E-state index contributed by atoms with van der Waals surface area (Å²) in [6.45, 7) is 2.46. The highest BCUT2D eigenvalue weighted by atomic mass is 16.4. The third-order valence-electron chi connectivity index (χ3n) is 5.70. The van der Waals surface area contributed by atoms with Crippen molar-refractivity contribution in [1.82, 2.24) is 10.2 Å². The monoisotopic (exact) mass is 420 g/mol. The van der Waals surface area contributed by atoms with Gasteiger partial charge in [-0.3, -0.25) is 9.69 Å². The van der Waals surface area contributed by atoms with E-state index in [-0.39, 0.29) is 29.4 Å². The molecule has 1 fully saturated rings. The van der Waals surface area contributed by atoms with Gasteiger partial charge in [0, 0.05) is 22.9 Å². The highest BCUT2D eigenvalue weighted by Gasteiger charge is 2.17. The molecule has 0 unspecified atom stereocenters. The van der Waals surface area contributed by atoms with E-state index in [2.05, 4.69) is 10.2 Å². The van der Waals surface area contributed by atoms with Crippen LogP contribution in [0.4, 0.5) is 0 Å². The summed E-state index contributed by atoms with van der Waals surface area (Å²) in [6, 6.07) is 12.8. The van der Waals surface area contributed by atoms with Gasteiger partial charge >= 0.3 is 5.97 Å². The Balaban J connectivity index is 1.59. The molecule has 1 aliphatic heterocycles. The summed E-state index contributed by atoms with van der Waals surface area (Å²) >= 11 is 0. The number of carboxylic acids is 1. The van der Waals surface area contributed by atoms with E-state index in [0.717, 1.165) is 31.5 Å². The zero-order chi connectivity index (χ0) is 22.0. The molecule has 0 aromatic heterocycles. The molecule has 0 saturated carbocycles. The lowest BCUT2D eigenvalue weighted by atomic mass is 9.97. The second kappa shape index (κ2) is 8.65. The molecular formula is C24H24N2O5. The number of likely N-dealkylation sites (tertiary alicyclic amines) is 1. The number of carbonyl (C=O) groups is 2. The third kappa shape index (κ3) is 4.46. The Morgan fingerprint density at radius 2 is 1.61 bits per heavy atom. The maximum absolute atomic E-state index is 12.6. The van der Waals surface area contributed by atoms with Crippen molar-refractivity contribution < 1.29 is 24.9 Å². The fourth-order valence-electron chi connectivity index (χ4n) is 3.92. The summed E-state index contributed by atoms with van der Waals surface area (Å²) in [7, 11) is 0. The molecule has 1 aliphatic rings. The van der Waals surface area contributed by atoms with Gasteiger partial charge in [0.1, 0.15) is 11.5 Å². The Morgan fingerprint density at radius 1 is 0.935 bits per heavy atom. The number of nitrogens with zero attached hydrogens (tertiary/aromatic N) is 1. The molecule has 3 aromatic carbocycles. The van der Waals surface area contributed by atoms with E-state index in [1.54, 1.807) is 36.4 Å². The molecule has 7 nitrogen and oxygen atoms in total. The number of aromatic carboxylic acids is 1. The van der Waals surface area contributed by atoms with Gasteiger partial charge in [0.25, 0.3) is 5.91 Å². The quantitative estimate of drug-likeness (QED) is 0.487. The lowest BCUT2D eigenvalue weighted by Crippen LogP contribution is -2.35. The molecular weight excluding hydrogens is 396 g/mol. The van der Waals surface area contributed by atoms with E-state index in [0.29, 0.717) is 28.6 Å². The van der Waals surface area contributed by atoms with E-state index in [1.165, 1.54) is 12.1 Å². The van der Waals surface area contributed by atoms with Crippen LogP contribution in [0.25, 0.3) is 10.8 Å². The number of aromatic hydroxyl groups is 2. The summed E-state index contributed by atoms with van der Waals surface area (Å²) in [5.41, 5.74) is 1.67. The van der Waals surface area contributed by atoms with Gasteiger partial charge in [-0.2, -0.15) is 0 Å². The fourth-order valence-corrected chi connectivity index (χ4v) is 3.92. The van der Waals surface area contributed by atoms with Crippen molar-refractivity contribution in [2.24, 2.45) is 0 Å². The fraction of sp³-hybridized carbons (Fsp3) is 0.250. The van der Waals surface area contributed by atoms with Gasteiger partial charge in [-0.1, -0.05) is 18.2 Å². The third-order valence-corrected chi connectivity index (χ3v) is 5.70. The first kappa shape index (κ1) is 20.7. The molecule has 1 amide bonds. The van der Waals surface area contributed by atoms with Crippen molar-refractivity contribution in [3.8, 4) is 11.5 Å². The highest BCUT2D eigenvalue weighted by Crippen LogP contribution is 2.37. The molecule has 4 rings (SSSR count). The maximum Gasteiger partial charge on any atom is 0.335 e. The van der Waals surface area contributed by atoms with Crippen molar-refractivity contribution in [3.05, 3.63) is 70.8 Å². The number of carbonyl (C=O) groups excluding carboxylic acids is 1. The van der Waals surface area contributed by atoms with Gasteiger partial charge in [-0.25, -0.2) is 4.79 Å². The molecule has 1 saturated heterocycles. The van der Waals surface area contributed by atoms with Crippen LogP contribution in [0.2, 0.25) is 0 Å². The Bertz CT molecular complexity index is 1130. The minimum Gasteiger partial charge on any atom is -0.507 e. The Labute approximate surface area is 179 Å². The van der Waals surface area contributed by atoms with Gasteiger partial charge in [0.15, 0.2) is 0 Å². The largest absolute Gasteiger partial charge is 0.507 e. The molecule has 0 bridgehead atoms. The molecule has 31 heavy (non-hydrogen) atoms. The van der Waals surface area contributed by atoms with Gasteiger partial charge in [-0.05, 0) is 67.2 Å². The zero-order valence-corrected chi connectivity index (χ0v) is 17.0. The van der Waals surface area contributed by atoms with Gasteiger partial charge in [-0.15, -0.1) is 0 Å². The Kier molecular flexibility index (Phi) is 5.77. The van der Waals surface area contributed by atoms with Crippen molar-refractivity contribution in [2.75, 3.05) is 19.8 Å². The number of hydrogen-bond acceptors (Lipinski definition) is 5. The van der Waals surface area contributed by atoms with Crippen LogP contribution in [0.5, 0.6) is 11.5 Å². The average Bonchev–Trinajstić information content (AvgIpc) is 3.29. The minimum atomic E-state index is -1.02. The van der Waals surface area contributed by atoms with Gasteiger partial charge in [0.2, 0.25) is 0 Å². The average molecular weight is 420 g/mol. The predicted molar refractivity (Wildman–Crippen MR) is 117 cm³/mol. The first-order valence-corrected chi connectivity index (χ1v) is 10.2. The number of rotatable bonds is 6. The van der Waals surface area contributed by atoms with Crippen molar-refractivity contribution >= 4 is 22.6 Å². The number of carboxylic acid groups (broad SMARTS) is 1. The lowest BCUT2D eigenvalue weighted by molar-refractivity contribution is 0.0696. The number of amides is 1. The smallest absolute Gasteiger partial charge is 0.335 e. The number of nitrogens with one attached hydrogen (secondary N) is 1. The van der Waals surface area contributed by atoms with Crippen LogP contribution in [0.3, 0.4) is 0 Å². The number of fused-ring (bicyclic) bond motifs is 1. The van der Waals surface area contributed by atoms with E-state index < -0.39 is 5.97 Å². The number of phenolic OH excluding ortho intramolecular Hbond substituents is 2. The molecule has 4 N–H and O–H groups in total. The van der Waals surface area contributed by atoms with Gasteiger partial charge in [0.05, 0.1) is 12.2 Å². The lowest BCUT2D eigenvalue weighted by Gasteiger charge is -2.16. The molecule has 0 spiro atoms. The number of phenols is 2. The van der Waals surface area contributed by atoms with Crippen LogP contribution in [0.15, 0.2) is 48.5 Å². The summed E-state index contributed by atoms with van der Waals surface area (Å²) in [6.07, 6.45) is 2.51. The number of hydrogen-bond donors (Lipinski definition) is 4. The van der Waals surface area contributed by atoms with Crippen LogP contribution in [0, 0.1) is 0 Å². The number of benzene rings is 3. The zero-order valence-electron chi connectivity index (χ0n) is 17.0. The summed E-state index contributed by atoms with van der Waals surface area (Å²) in [5.74, 6) is -1.38. The molecule has 7 heteroatoms. The molecule has 1 heterocycles. The van der Waals surface area contributed by atoms with Crippen LogP contribution in [-0.2, 0) is 6.42 Å². The maximum atomic E-state index is 12.6. The summed E-state index contributed by atoms with van der Waals surface area (Å²) in [5, 5.41) is 34.3. The van der Waals surface area contributed by atoms with Crippen molar-refractivity contribution in [1.29, 1.82) is 0 Å². The van der Waals surface area contributed by atoms with Crippen molar-refractivity contribution in [2.45, 2.75) is 19.3 Å². The van der Waals surface area contributed by atoms with Gasteiger partial charge < -0.3 is 20.6 Å². The van der Waals surface area contributed by atoms with Crippen LogP contribution in [-0.4, -0.2) is 51.9 Å². The SMILES string of the molecule is O=C(O)c1ccc(Cc2c(O)cc3ccc(C(=O)NCN4CCCC4)cc3c2O)cc1. The first-order valence-electron chi connectivity index (χ1n) is 10.2. The molecule has 0 atom stereocenters. The molecule has 160 valence electrons. The summed E-state index contributed by atoms with van der Waals surface area (Å²) < 4.78 is 0. The van der Waals surface area contributed by atoms with E-state index >= 15 is 0 Å². The van der Waals surface area contributed by atoms with E-state index in [1.807, 2.05) is 0 Å². The summed E-state index contributed by atoms with van der Waals surface area (Å²) in [4.78, 5) is 25.8. The second-order valence-corrected chi connectivity index (χ2v) is 7.83. The topological polar surface area (TPSA) is 110 Å². The molecule has 3 aromatic rings. The van der Waals surface area contributed by atoms with Crippen LogP contribution >= 0.6 is 0 Å². The minimum absolute atomic E-state index is 0.0569. The van der Waals surface area contributed by atoms with E-state index in [4.69, 9.17) is 5.11 Å².